The number of anilines is 2. The van der Waals surface area contributed by atoms with Crippen molar-refractivity contribution in [2.24, 2.45) is 0 Å². The van der Waals surface area contributed by atoms with Crippen molar-refractivity contribution >= 4 is 11.9 Å². The lowest BCUT2D eigenvalue weighted by Gasteiger charge is -2.32. The van der Waals surface area contributed by atoms with Crippen molar-refractivity contribution in [1.29, 1.82) is 0 Å². The minimum absolute atomic E-state index is 0.0257. The summed E-state index contributed by atoms with van der Waals surface area (Å²) in [4.78, 5) is 5.71. The monoisotopic (exact) mass is 185 g/mol. The van der Waals surface area contributed by atoms with Gasteiger partial charge in [0.1, 0.15) is 0 Å². The van der Waals surface area contributed by atoms with Crippen LogP contribution in [0, 0.1) is 0 Å². The number of nitrogens with zero attached hydrogens (tertiary/aromatic N) is 3. The van der Waals surface area contributed by atoms with Crippen LogP contribution in [0.15, 0.2) is 0 Å². The summed E-state index contributed by atoms with van der Waals surface area (Å²) >= 11 is 0. The van der Waals surface area contributed by atoms with Crippen LogP contribution in [0.25, 0.3) is 0 Å². The molecular weight excluding hydrogens is 170 g/mol. The first-order valence-electron chi connectivity index (χ1n) is 4.00. The van der Waals surface area contributed by atoms with Crippen molar-refractivity contribution < 1.29 is 5.11 Å². The Bertz CT molecular complexity index is 282. The lowest BCUT2D eigenvalue weighted by molar-refractivity contribution is 0.215. The Morgan fingerprint density at radius 2 is 2.23 bits per heavy atom. The van der Waals surface area contributed by atoms with Gasteiger partial charge in [0, 0.05) is 7.05 Å². The molecule has 0 saturated carbocycles. The molecule has 1 aromatic heterocycles. The molecule has 4 N–H and O–H groups in total. The molecular formula is C7H15N5O. The fraction of sp³-hybridized carbons (Fsp3) is 0.714. The zero-order chi connectivity index (χ0) is 10.1. The molecule has 0 amide bonds. The van der Waals surface area contributed by atoms with E-state index < -0.39 is 5.54 Å². The summed E-state index contributed by atoms with van der Waals surface area (Å²) in [5, 5.41) is 15.5. The number of nitrogens with two attached hydrogens (primary N) is 1. The molecule has 0 aliphatic rings. The first-order valence-corrected chi connectivity index (χ1v) is 4.00. The van der Waals surface area contributed by atoms with Gasteiger partial charge >= 0.3 is 0 Å². The number of hydrogen-bond donors (Lipinski definition) is 3. The van der Waals surface area contributed by atoms with E-state index in [-0.39, 0.29) is 12.6 Å². The largest absolute Gasteiger partial charge is 0.394 e. The summed E-state index contributed by atoms with van der Waals surface area (Å²) in [5.74, 6) is 0.757. The van der Waals surface area contributed by atoms with Crippen LogP contribution in [0.3, 0.4) is 0 Å². The quantitative estimate of drug-likeness (QED) is 0.595. The lowest BCUT2D eigenvalue weighted by atomic mass is 10.1. The van der Waals surface area contributed by atoms with Gasteiger partial charge in [-0.05, 0) is 13.8 Å². The molecule has 0 atom stereocenters. The molecule has 6 nitrogen and oxygen atoms in total. The van der Waals surface area contributed by atoms with Crippen molar-refractivity contribution in [3.05, 3.63) is 0 Å². The maximum absolute atomic E-state index is 9.09. The molecule has 0 aromatic carbocycles. The predicted molar refractivity (Wildman–Crippen MR) is 50.4 cm³/mol. The summed E-state index contributed by atoms with van der Waals surface area (Å²) in [6.07, 6.45) is 0. The molecule has 6 heteroatoms. The second-order valence-corrected chi connectivity index (χ2v) is 3.55. The summed E-state index contributed by atoms with van der Waals surface area (Å²) in [6, 6.07) is 0. The van der Waals surface area contributed by atoms with E-state index in [2.05, 4.69) is 15.2 Å². The number of nitrogen functional groups attached to an aromatic ring is 1. The van der Waals surface area contributed by atoms with Crippen LogP contribution >= 0.6 is 0 Å². The van der Waals surface area contributed by atoms with E-state index >= 15 is 0 Å². The predicted octanol–water partition coefficient (Wildman–Crippen LogP) is -0.406. The van der Waals surface area contributed by atoms with Crippen LogP contribution < -0.4 is 10.6 Å². The van der Waals surface area contributed by atoms with Gasteiger partial charge in [-0.2, -0.15) is 4.98 Å². The molecule has 0 unspecified atom stereocenters. The van der Waals surface area contributed by atoms with E-state index in [0.29, 0.717) is 5.95 Å². The molecule has 0 aliphatic heterocycles. The van der Waals surface area contributed by atoms with Gasteiger partial charge in [-0.1, -0.05) is 0 Å². The molecule has 1 rings (SSSR count). The van der Waals surface area contributed by atoms with Crippen LogP contribution in [0.2, 0.25) is 0 Å². The molecule has 0 bridgehead atoms. The second-order valence-electron chi connectivity index (χ2n) is 3.55. The fourth-order valence-corrected chi connectivity index (χ4v) is 0.792. The molecule has 0 aliphatic carbocycles. The van der Waals surface area contributed by atoms with Crippen molar-refractivity contribution in [2.75, 3.05) is 24.3 Å². The highest BCUT2D eigenvalue weighted by Crippen LogP contribution is 2.17. The van der Waals surface area contributed by atoms with Gasteiger partial charge in [0.15, 0.2) is 0 Å². The van der Waals surface area contributed by atoms with Crippen molar-refractivity contribution in [2.45, 2.75) is 19.4 Å². The maximum Gasteiger partial charge on any atom is 0.246 e. The van der Waals surface area contributed by atoms with Crippen LogP contribution in [0.5, 0.6) is 0 Å². The number of aliphatic hydroxyl groups excluding tert-OH is 1. The minimum Gasteiger partial charge on any atom is -0.394 e. The first kappa shape index (κ1) is 9.79. The van der Waals surface area contributed by atoms with E-state index in [0.717, 1.165) is 0 Å². The van der Waals surface area contributed by atoms with Crippen LogP contribution in [-0.2, 0) is 0 Å². The number of aliphatic hydroxyl groups is 1. The van der Waals surface area contributed by atoms with Gasteiger partial charge in [0.05, 0.1) is 12.1 Å². The standard InChI is InChI=1S/C7H15N5O/c1-7(2,4-13)12(3)6-9-5(8)10-11-6/h13H,4H2,1-3H3,(H3,8,9,10,11). The Labute approximate surface area is 76.8 Å². The normalized spacial score (nSPS) is 11.7. The summed E-state index contributed by atoms with van der Waals surface area (Å²) in [7, 11) is 1.80. The van der Waals surface area contributed by atoms with Crippen LogP contribution in [0.1, 0.15) is 13.8 Å². The second kappa shape index (κ2) is 3.21. The smallest absolute Gasteiger partial charge is 0.246 e. The third-order valence-electron chi connectivity index (χ3n) is 2.09. The molecule has 0 spiro atoms. The van der Waals surface area contributed by atoms with E-state index in [1.165, 1.54) is 0 Å². The van der Waals surface area contributed by atoms with Gasteiger partial charge in [-0.3, -0.25) is 0 Å². The number of likely N-dealkylation sites (N-methyl/N-ethyl adjacent to an activating group) is 1. The Balaban J connectivity index is 2.84. The summed E-state index contributed by atoms with van der Waals surface area (Å²) in [6.45, 7) is 3.80. The average Bonchev–Trinajstić information content (AvgIpc) is 2.50. The van der Waals surface area contributed by atoms with E-state index in [9.17, 15) is 0 Å². The zero-order valence-electron chi connectivity index (χ0n) is 8.07. The Morgan fingerprint density at radius 3 is 2.62 bits per heavy atom. The Morgan fingerprint density at radius 1 is 1.62 bits per heavy atom. The topological polar surface area (TPSA) is 91.1 Å². The van der Waals surface area contributed by atoms with Gasteiger partial charge in [0.2, 0.25) is 11.9 Å². The van der Waals surface area contributed by atoms with Crippen molar-refractivity contribution in [1.82, 2.24) is 15.2 Å². The van der Waals surface area contributed by atoms with Gasteiger partial charge in [-0.25, -0.2) is 5.10 Å². The number of H-pyrrole nitrogens is 1. The highest BCUT2D eigenvalue weighted by Gasteiger charge is 2.25. The summed E-state index contributed by atoms with van der Waals surface area (Å²) < 4.78 is 0. The minimum atomic E-state index is -0.394. The molecule has 0 saturated heterocycles. The third-order valence-corrected chi connectivity index (χ3v) is 2.09. The maximum atomic E-state index is 9.09. The highest BCUT2D eigenvalue weighted by molar-refractivity contribution is 5.35. The zero-order valence-corrected chi connectivity index (χ0v) is 8.07. The number of nitrogens with one attached hydrogen (secondary N) is 1. The molecule has 0 fully saturated rings. The van der Waals surface area contributed by atoms with Crippen LogP contribution in [-0.4, -0.2) is 39.5 Å². The number of aromatic amines is 1. The Kier molecular flexibility index (Phi) is 2.42. The van der Waals surface area contributed by atoms with Gasteiger partial charge in [-0.15, -0.1) is 5.10 Å². The first-order chi connectivity index (χ1) is 5.97. The lowest BCUT2D eigenvalue weighted by Crippen LogP contribution is -2.45. The molecule has 74 valence electrons. The highest BCUT2D eigenvalue weighted by atomic mass is 16.3. The number of rotatable bonds is 3. The summed E-state index contributed by atoms with van der Waals surface area (Å²) in [5.41, 5.74) is 4.99. The number of aromatic nitrogens is 3. The molecule has 0 radical (unpaired) electrons. The fourth-order valence-electron chi connectivity index (χ4n) is 0.792. The van der Waals surface area contributed by atoms with Gasteiger partial charge < -0.3 is 15.7 Å². The molecule has 1 heterocycles. The SMILES string of the molecule is CN(c1n[nH]c(N)n1)C(C)(C)CO. The average molecular weight is 185 g/mol. The molecule has 13 heavy (non-hydrogen) atoms. The third kappa shape index (κ3) is 1.89. The van der Waals surface area contributed by atoms with Gasteiger partial charge in [0.25, 0.3) is 0 Å². The Hall–Kier alpha value is -1.30. The van der Waals surface area contributed by atoms with Crippen LogP contribution in [0.4, 0.5) is 11.9 Å². The van der Waals surface area contributed by atoms with E-state index in [1.54, 1.807) is 11.9 Å². The van der Waals surface area contributed by atoms with E-state index in [4.69, 9.17) is 10.8 Å². The number of hydrogen-bond acceptors (Lipinski definition) is 5. The van der Waals surface area contributed by atoms with E-state index in [1.807, 2.05) is 13.8 Å². The van der Waals surface area contributed by atoms with Crippen molar-refractivity contribution in [3.63, 3.8) is 0 Å². The van der Waals surface area contributed by atoms with Crippen molar-refractivity contribution in [3.8, 4) is 0 Å². The molecule has 1 aromatic rings.